The third-order valence-corrected chi connectivity index (χ3v) is 8.90. The standard InChI is InChI=1S/C21H32O3.C2H6/c1-12(22)16-6-7-17-15-5-4-13-10-14(23)8-9-20(13,2)19(15)18(24)11-21(16,17)3;1-2/h13,15-19,24H,4-11H2,1-3H3;1-2H3. The number of aliphatic hydroxyl groups excluding tert-OH is 1. The second-order valence-electron chi connectivity index (χ2n) is 9.84. The van der Waals surface area contributed by atoms with Gasteiger partial charge in [0.05, 0.1) is 6.10 Å². The molecule has 0 aromatic rings. The maximum Gasteiger partial charge on any atom is 0.133 e. The van der Waals surface area contributed by atoms with E-state index in [2.05, 4.69) is 13.8 Å². The summed E-state index contributed by atoms with van der Waals surface area (Å²) in [6.45, 7) is 10.4. The van der Waals surface area contributed by atoms with Crippen LogP contribution in [-0.2, 0) is 9.59 Å². The van der Waals surface area contributed by atoms with Crippen LogP contribution in [0.25, 0.3) is 0 Å². The first-order chi connectivity index (χ1) is 12.3. The van der Waals surface area contributed by atoms with E-state index in [0.717, 1.165) is 44.9 Å². The van der Waals surface area contributed by atoms with Crippen molar-refractivity contribution in [2.24, 2.45) is 40.4 Å². The quantitative estimate of drug-likeness (QED) is 0.729. The summed E-state index contributed by atoms with van der Waals surface area (Å²) in [4.78, 5) is 24.1. The Morgan fingerprint density at radius 1 is 1.08 bits per heavy atom. The summed E-state index contributed by atoms with van der Waals surface area (Å²) in [5, 5.41) is 11.2. The molecule has 26 heavy (non-hydrogen) atoms. The predicted octanol–water partition coefficient (Wildman–Crippen LogP) is 4.80. The lowest BCUT2D eigenvalue weighted by Crippen LogP contribution is -2.59. The first-order valence-corrected chi connectivity index (χ1v) is 11.0. The first-order valence-electron chi connectivity index (χ1n) is 11.0. The minimum atomic E-state index is -0.308. The largest absolute Gasteiger partial charge is 0.393 e. The van der Waals surface area contributed by atoms with E-state index in [0.29, 0.717) is 41.7 Å². The molecular formula is C23H38O3. The Morgan fingerprint density at radius 3 is 2.42 bits per heavy atom. The summed E-state index contributed by atoms with van der Waals surface area (Å²) in [6.07, 6.45) is 7.27. The minimum Gasteiger partial charge on any atom is -0.393 e. The van der Waals surface area contributed by atoms with Gasteiger partial charge in [-0.2, -0.15) is 0 Å². The molecule has 0 aromatic carbocycles. The monoisotopic (exact) mass is 362 g/mol. The third kappa shape index (κ3) is 2.80. The number of fused-ring (bicyclic) bond motifs is 5. The molecule has 3 heteroatoms. The highest BCUT2D eigenvalue weighted by Gasteiger charge is 2.63. The van der Waals surface area contributed by atoms with Crippen molar-refractivity contribution in [1.29, 1.82) is 0 Å². The summed E-state index contributed by atoms with van der Waals surface area (Å²) in [5.41, 5.74) is 0.103. The molecule has 0 amide bonds. The Hall–Kier alpha value is -0.700. The summed E-state index contributed by atoms with van der Waals surface area (Å²) in [7, 11) is 0. The van der Waals surface area contributed by atoms with Crippen LogP contribution >= 0.6 is 0 Å². The highest BCUT2D eigenvalue weighted by molar-refractivity contribution is 5.80. The van der Waals surface area contributed by atoms with Crippen molar-refractivity contribution in [2.75, 3.05) is 0 Å². The van der Waals surface area contributed by atoms with Gasteiger partial charge in [0.15, 0.2) is 0 Å². The van der Waals surface area contributed by atoms with Gasteiger partial charge < -0.3 is 5.11 Å². The van der Waals surface area contributed by atoms with Gasteiger partial charge >= 0.3 is 0 Å². The molecule has 4 fully saturated rings. The maximum atomic E-state index is 12.2. The Kier molecular flexibility index (Phi) is 5.42. The van der Waals surface area contributed by atoms with Gasteiger partial charge in [0.25, 0.3) is 0 Å². The van der Waals surface area contributed by atoms with Crippen molar-refractivity contribution in [3.05, 3.63) is 0 Å². The number of hydrogen-bond donors (Lipinski definition) is 1. The van der Waals surface area contributed by atoms with Gasteiger partial charge in [-0.15, -0.1) is 0 Å². The first kappa shape index (κ1) is 20.0. The smallest absolute Gasteiger partial charge is 0.133 e. The molecule has 4 saturated carbocycles. The number of Topliss-reactive ketones (excluding diaryl/α,β-unsaturated/α-hetero) is 2. The number of ketones is 2. The van der Waals surface area contributed by atoms with Crippen LogP contribution in [0.1, 0.15) is 86.0 Å². The van der Waals surface area contributed by atoms with Crippen molar-refractivity contribution in [3.8, 4) is 0 Å². The number of aliphatic hydroxyl groups is 1. The van der Waals surface area contributed by atoms with E-state index in [9.17, 15) is 14.7 Å². The highest BCUT2D eigenvalue weighted by atomic mass is 16.3. The molecule has 0 aliphatic heterocycles. The number of carbonyl (C=O) groups is 2. The molecule has 3 nitrogen and oxygen atoms in total. The molecule has 4 rings (SSSR count). The lowest BCUT2D eigenvalue weighted by Gasteiger charge is -2.61. The summed E-state index contributed by atoms with van der Waals surface area (Å²) in [6, 6.07) is 0. The number of hydrogen-bond acceptors (Lipinski definition) is 3. The molecule has 0 saturated heterocycles. The van der Waals surface area contributed by atoms with Gasteiger partial charge in [-0.25, -0.2) is 0 Å². The van der Waals surface area contributed by atoms with Gasteiger partial charge in [-0.05, 0) is 80.0 Å². The van der Waals surface area contributed by atoms with Crippen molar-refractivity contribution in [2.45, 2.75) is 92.1 Å². The number of carbonyl (C=O) groups excluding carboxylic acids is 2. The van der Waals surface area contributed by atoms with E-state index in [1.165, 1.54) is 0 Å². The Balaban J connectivity index is 0.000000948. The van der Waals surface area contributed by atoms with Crippen LogP contribution in [-0.4, -0.2) is 22.8 Å². The van der Waals surface area contributed by atoms with Gasteiger partial charge in [0, 0.05) is 18.8 Å². The molecule has 0 radical (unpaired) electrons. The molecule has 148 valence electrons. The van der Waals surface area contributed by atoms with E-state index in [-0.39, 0.29) is 22.9 Å². The van der Waals surface area contributed by atoms with E-state index < -0.39 is 0 Å². The lowest BCUT2D eigenvalue weighted by molar-refractivity contribution is -0.173. The van der Waals surface area contributed by atoms with Crippen LogP contribution in [0.5, 0.6) is 0 Å². The second kappa shape index (κ2) is 7.04. The van der Waals surface area contributed by atoms with E-state index in [1.54, 1.807) is 6.92 Å². The zero-order valence-electron chi connectivity index (χ0n) is 17.4. The lowest BCUT2D eigenvalue weighted by atomic mass is 9.44. The van der Waals surface area contributed by atoms with E-state index >= 15 is 0 Å². The fraction of sp³-hybridized carbons (Fsp3) is 0.913. The molecule has 0 spiro atoms. The summed E-state index contributed by atoms with van der Waals surface area (Å²) < 4.78 is 0. The zero-order valence-corrected chi connectivity index (χ0v) is 17.4. The van der Waals surface area contributed by atoms with Crippen molar-refractivity contribution >= 4 is 11.6 Å². The SMILES string of the molecule is CC.CC(=O)C1CCC2C3CCC4CC(=O)CCC4(C)C3C(O)CC12C. The molecule has 4 aliphatic carbocycles. The Bertz CT molecular complexity index is 570. The molecule has 4 aliphatic rings. The van der Waals surface area contributed by atoms with E-state index in [4.69, 9.17) is 0 Å². The zero-order chi connectivity index (χ0) is 19.3. The number of rotatable bonds is 1. The second-order valence-corrected chi connectivity index (χ2v) is 9.84. The third-order valence-electron chi connectivity index (χ3n) is 8.90. The molecule has 0 aromatic heterocycles. The fourth-order valence-corrected chi connectivity index (χ4v) is 7.84. The summed E-state index contributed by atoms with van der Waals surface area (Å²) in [5.74, 6) is 2.78. The Labute approximate surface area is 159 Å². The van der Waals surface area contributed by atoms with E-state index in [1.807, 2.05) is 13.8 Å². The topological polar surface area (TPSA) is 54.4 Å². The van der Waals surface area contributed by atoms with Gasteiger partial charge in [-0.3, -0.25) is 9.59 Å². The molecule has 8 unspecified atom stereocenters. The maximum absolute atomic E-state index is 12.2. The molecule has 0 bridgehead atoms. The van der Waals surface area contributed by atoms with Gasteiger partial charge in [0.2, 0.25) is 0 Å². The van der Waals surface area contributed by atoms with Crippen LogP contribution in [0.15, 0.2) is 0 Å². The normalized spacial score (nSPS) is 50.0. The molecule has 0 heterocycles. The average Bonchev–Trinajstić information content (AvgIpc) is 2.93. The molecular weight excluding hydrogens is 324 g/mol. The van der Waals surface area contributed by atoms with Crippen LogP contribution in [0.4, 0.5) is 0 Å². The molecule has 8 atom stereocenters. The minimum absolute atomic E-state index is 0.0138. The van der Waals surface area contributed by atoms with Crippen LogP contribution < -0.4 is 0 Å². The molecule has 1 N–H and O–H groups in total. The van der Waals surface area contributed by atoms with Crippen LogP contribution in [0.2, 0.25) is 0 Å². The van der Waals surface area contributed by atoms with Crippen LogP contribution in [0.3, 0.4) is 0 Å². The predicted molar refractivity (Wildman–Crippen MR) is 104 cm³/mol. The highest BCUT2D eigenvalue weighted by Crippen LogP contribution is 2.67. The Morgan fingerprint density at radius 2 is 1.77 bits per heavy atom. The van der Waals surface area contributed by atoms with Gasteiger partial charge in [-0.1, -0.05) is 27.7 Å². The van der Waals surface area contributed by atoms with Crippen LogP contribution in [0, 0.1) is 40.4 Å². The van der Waals surface area contributed by atoms with Crippen molar-refractivity contribution in [3.63, 3.8) is 0 Å². The average molecular weight is 363 g/mol. The van der Waals surface area contributed by atoms with Gasteiger partial charge in [0.1, 0.15) is 11.6 Å². The van der Waals surface area contributed by atoms with Crippen molar-refractivity contribution < 1.29 is 14.7 Å². The van der Waals surface area contributed by atoms with Crippen molar-refractivity contribution in [1.82, 2.24) is 0 Å². The fourth-order valence-electron chi connectivity index (χ4n) is 7.84. The summed E-state index contributed by atoms with van der Waals surface area (Å²) >= 11 is 0.